The molecule has 0 aromatic carbocycles. The molecule has 1 N–H and O–H groups in total. The summed E-state index contributed by atoms with van der Waals surface area (Å²) in [5.74, 6) is -0.329. The Morgan fingerprint density at radius 1 is 1.47 bits per heavy atom. The molecule has 0 radical (unpaired) electrons. The lowest BCUT2D eigenvalue weighted by atomic mass is 9.67. The average Bonchev–Trinajstić information content (AvgIpc) is 2.26. The lowest BCUT2D eigenvalue weighted by molar-refractivity contribution is -0.138. The number of hydrogen-bond acceptors (Lipinski definition) is 3. The Hall–Kier alpha value is -1.09. The number of carbonyl (C=O) groups is 1. The van der Waals surface area contributed by atoms with Gasteiger partial charge in [-0.2, -0.15) is 0 Å². The van der Waals surface area contributed by atoms with Crippen molar-refractivity contribution in [3.63, 3.8) is 0 Å². The molecule has 1 aliphatic rings. The molecule has 3 nitrogen and oxygen atoms in total. The van der Waals surface area contributed by atoms with Crippen molar-refractivity contribution in [1.29, 1.82) is 0 Å². The van der Waals surface area contributed by atoms with Gasteiger partial charge in [0, 0.05) is 11.5 Å². The second-order valence-corrected chi connectivity index (χ2v) is 5.24. The molecular formula is C14H22O3. The monoisotopic (exact) mass is 238 g/mol. The summed E-state index contributed by atoms with van der Waals surface area (Å²) in [5, 5.41) is 10.4. The van der Waals surface area contributed by atoms with Gasteiger partial charge in [0.05, 0.1) is 12.7 Å². The molecule has 3 atom stereocenters. The van der Waals surface area contributed by atoms with Gasteiger partial charge in [-0.3, -0.25) is 0 Å². The number of rotatable bonds is 3. The first-order chi connectivity index (χ1) is 7.79. The minimum absolute atomic E-state index is 0.245. The van der Waals surface area contributed by atoms with Crippen LogP contribution >= 0.6 is 0 Å². The Labute approximate surface area is 103 Å². The number of allylic oxidation sites excluding steroid dienone is 1. The summed E-state index contributed by atoms with van der Waals surface area (Å²) in [6.07, 6.45) is 2.29. The van der Waals surface area contributed by atoms with Gasteiger partial charge in [0.15, 0.2) is 0 Å². The van der Waals surface area contributed by atoms with E-state index < -0.39 is 11.6 Å². The van der Waals surface area contributed by atoms with Crippen LogP contribution in [0.4, 0.5) is 0 Å². The second-order valence-electron chi connectivity index (χ2n) is 5.24. The average molecular weight is 238 g/mol. The van der Waals surface area contributed by atoms with E-state index in [9.17, 15) is 9.90 Å². The number of carbonyl (C=O) groups excluding carboxylic acids is 1. The molecule has 96 valence electrons. The molecule has 0 saturated heterocycles. The molecule has 0 heterocycles. The van der Waals surface area contributed by atoms with Crippen LogP contribution in [0.2, 0.25) is 0 Å². The van der Waals surface area contributed by atoms with E-state index in [2.05, 4.69) is 17.9 Å². The standard InChI is InChI=1S/C14H22O3/c1-9(2)11-6-7-14(4,16)12(8-11)10(3)13(15)17-5/h11-12,16H,1,3,6-8H2,2,4-5H3. The van der Waals surface area contributed by atoms with E-state index in [0.717, 1.165) is 18.4 Å². The molecular weight excluding hydrogens is 216 g/mol. The van der Waals surface area contributed by atoms with Crippen molar-refractivity contribution in [2.45, 2.75) is 38.7 Å². The Kier molecular flexibility index (Phi) is 4.15. The number of methoxy groups -OCH3 is 1. The van der Waals surface area contributed by atoms with E-state index in [4.69, 9.17) is 0 Å². The van der Waals surface area contributed by atoms with Crippen molar-refractivity contribution >= 4 is 5.97 Å². The summed E-state index contributed by atoms with van der Waals surface area (Å²) < 4.78 is 4.68. The number of aliphatic hydroxyl groups is 1. The topological polar surface area (TPSA) is 46.5 Å². The second kappa shape index (κ2) is 5.05. The summed E-state index contributed by atoms with van der Waals surface area (Å²) in [5.41, 5.74) is 0.587. The van der Waals surface area contributed by atoms with Crippen molar-refractivity contribution in [2.75, 3.05) is 7.11 Å². The van der Waals surface area contributed by atoms with Gasteiger partial charge in [-0.1, -0.05) is 18.7 Å². The minimum atomic E-state index is -0.878. The third-order valence-corrected chi connectivity index (χ3v) is 3.83. The Morgan fingerprint density at radius 2 is 2.06 bits per heavy atom. The third kappa shape index (κ3) is 2.97. The van der Waals surface area contributed by atoms with Crippen molar-refractivity contribution in [1.82, 2.24) is 0 Å². The van der Waals surface area contributed by atoms with Crippen LogP contribution in [0.1, 0.15) is 33.1 Å². The van der Waals surface area contributed by atoms with Gasteiger partial charge >= 0.3 is 5.97 Å². The van der Waals surface area contributed by atoms with E-state index >= 15 is 0 Å². The van der Waals surface area contributed by atoms with E-state index in [1.807, 2.05) is 6.92 Å². The summed E-state index contributed by atoms with van der Waals surface area (Å²) in [7, 11) is 1.33. The van der Waals surface area contributed by atoms with E-state index in [1.165, 1.54) is 7.11 Å². The van der Waals surface area contributed by atoms with E-state index in [-0.39, 0.29) is 5.92 Å². The van der Waals surface area contributed by atoms with E-state index in [1.54, 1.807) is 6.92 Å². The number of hydrogen-bond donors (Lipinski definition) is 1. The van der Waals surface area contributed by atoms with Crippen LogP contribution in [0, 0.1) is 11.8 Å². The zero-order valence-electron chi connectivity index (χ0n) is 11.0. The normalized spacial score (nSPS) is 32.9. The quantitative estimate of drug-likeness (QED) is 0.467. The van der Waals surface area contributed by atoms with Crippen molar-refractivity contribution in [3.8, 4) is 0 Å². The summed E-state index contributed by atoms with van der Waals surface area (Å²) in [6.45, 7) is 11.5. The molecule has 3 unspecified atom stereocenters. The fraction of sp³-hybridized carbons (Fsp3) is 0.643. The summed E-state index contributed by atoms with van der Waals surface area (Å²) >= 11 is 0. The lowest BCUT2D eigenvalue weighted by Crippen LogP contribution is -2.42. The highest BCUT2D eigenvalue weighted by Gasteiger charge is 2.41. The Morgan fingerprint density at radius 3 is 2.53 bits per heavy atom. The molecule has 0 aromatic rings. The van der Waals surface area contributed by atoms with Gasteiger partial charge in [-0.05, 0) is 39.0 Å². The molecule has 3 heteroatoms. The predicted molar refractivity (Wildman–Crippen MR) is 67.4 cm³/mol. The lowest BCUT2D eigenvalue weighted by Gasteiger charge is -2.41. The SMILES string of the molecule is C=C(C)C1CCC(C)(O)C(C(=C)C(=O)OC)C1. The first-order valence-electron chi connectivity index (χ1n) is 5.94. The van der Waals surface area contributed by atoms with Crippen molar-refractivity contribution in [3.05, 3.63) is 24.3 Å². The molecule has 17 heavy (non-hydrogen) atoms. The van der Waals surface area contributed by atoms with Crippen LogP contribution in [0.3, 0.4) is 0 Å². The van der Waals surface area contributed by atoms with Gasteiger partial charge in [0.2, 0.25) is 0 Å². The van der Waals surface area contributed by atoms with Crippen LogP contribution < -0.4 is 0 Å². The van der Waals surface area contributed by atoms with Gasteiger partial charge in [0.1, 0.15) is 0 Å². The first kappa shape index (κ1) is 14.0. The third-order valence-electron chi connectivity index (χ3n) is 3.83. The van der Waals surface area contributed by atoms with Crippen LogP contribution in [0.5, 0.6) is 0 Å². The van der Waals surface area contributed by atoms with Gasteiger partial charge < -0.3 is 9.84 Å². The Bertz CT molecular complexity index is 341. The molecule has 1 aliphatic carbocycles. The number of esters is 1. The maximum atomic E-state index is 11.5. The molecule has 1 saturated carbocycles. The molecule has 1 fully saturated rings. The highest BCUT2D eigenvalue weighted by atomic mass is 16.5. The summed E-state index contributed by atoms with van der Waals surface area (Å²) in [6, 6.07) is 0. The highest BCUT2D eigenvalue weighted by Crippen LogP contribution is 2.42. The fourth-order valence-corrected chi connectivity index (χ4v) is 2.54. The van der Waals surface area contributed by atoms with E-state index in [0.29, 0.717) is 17.9 Å². The molecule has 0 bridgehead atoms. The van der Waals surface area contributed by atoms with Gasteiger partial charge in [-0.25, -0.2) is 4.79 Å². The van der Waals surface area contributed by atoms with Crippen LogP contribution in [0.15, 0.2) is 24.3 Å². The first-order valence-corrected chi connectivity index (χ1v) is 5.94. The summed E-state index contributed by atoms with van der Waals surface area (Å²) in [4.78, 5) is 11.5. The van der Waals surface area contributed by atoms with Crippen molar-refractivity contribution in [2.24, 2.45) is 11.8 Å². The zero-order chi connectivity index (χ0) is 13.2. The van der Waals surface area contributed by atoms with Crippen LogP contribution in [0.25, 0.3) is 0 Å². The van der Waals surface area contributed by atoms with Gasteiger partial charge in [0.25, 0.3) is 0 Å². The molecule has 1 rings (SSSR count). The maximum absolute atomic E-state index is 11.5. The van der Waals surface area contributed by atoms with Crippen LogP contribution in [-0.2, 0) is 9.53 Å². The van der Waals surface area contributed by atoms with Crippen LogP contribution in [-0.4, -0.2) is 23.8 Å². The van der Waals surface area contributed by atoms with Gasteiger partial charge in [-0.15, -0.1) is 0 Å². The Balaban J connectivity index is 2.88. The predicted octanol–water partition coefficient (Wildman–Crippen LogP) is 2.46. The largest absolute Gasteiger partial charge is 0.466 e. The van der Waals surface area contributed by atoms with Crippen molar-refractivity contribution < 1.29 is 14.6 Å². The number of ether oxygens (including phenoxy) is 1. The highest BCUT2D eigenvalue weighted by molar-refractivity contribution is 5.88. The maximum Gasteiger partial charge on any atom is 0.333 e. The molecule has 0 amide bonds. The molecule has 0 aliphatic heterocycles. The zero-order valence-corrected chi connectivity index (χ0v) is 11.0. The molecule has 0 spiro atoms. The smallest absolute Gasteiger partial charge is 0.333 e. The minimum Gasteiger partial charge on any atom is -0.466 e. The molecule has 0 aromatic heterocycles. The fourth-order valence-electron chi connectivity index (χ4n) is 2.54.